The maximum Gasteiger partial charge on any atom is 0.338 e. The molecule has 1 aliphatic heterocycles. The Morgan fingerprint density at radius 3 is 2.48 bits per heavy atom. The highest BCUT2D eigenvalue weighted by Crippen LogP contribution is 2.31. The molecule has 9 heteroatoms. The van der Waals surface area contributed by atoms with E-state index in [1.165, 1.54) is 23.0 Å². The first kappa shape index (κ1) is 22.5. The van der Waals surface area contributed by atoms with Crippen LogP contribution in [-0.4, -0.2) is 30.2 Å². The molecule has 4 rings (SSSR count). The molecule has 8 nitrogen and oxygen atoms in total. The number of carbonyl (C=O) groups is 2. The van der Waals surface area contributed by atoms with Gasteiger partial charge in [0.2, 0.25) is 0 Å². The molecule has 0 saturated carbocycles. The van der Waals surface area contributed by atoms with Crippen LogP contribution in [0.2, 0.25) is 0 Å². The van der Waals surface area contributed by atoms with Crippen molar-refractivity contribution in [3.63, 3.8) is 0 Å². The summed E-state index contributed by atoms with van der Waals surface area (Å²) in [6.07, 6.45) is 1.66. The number of thiazole rings is 1. The number of nitrogens with zero attached hydrogens (tertiary/aromatic N) is 2. The summed E-state index contributed by atoms with van der Waals surface area (Å²) in [4.78, 5) is 43.2. The quantitative estimate of drug-likeness (QED) is 0.536. The number of methoxy groups -OCH3 is 1. The molecule has 3 aromatic rings. The van der Waals surface area contributed by atoms with Crippen molar-refractivity contribution in [3.05, 3.63) is 90.0 Å². The van der Waals surface area contributed by atoms with Gasteiger partial charge < -0.3 is 13.9 Å². The van der Waals surface area contributed by atoms with E-state index < -0.39 is 18.0 Å². The topological polar surface area (TPSA) is 100 Å². The third-order valence-electron chi connectivity index (χ3n) is 5.20. The number of hydrogen-bond acceptors (Lipinski definition) is 8. The van der Waals surface area contributed by atoms with E-state index in [4.69, 9.17) is 13.9 Å². The van der Waals surface area contributed by atoms with E-state index in [9.17, 15) is 14.4 Å². The molecule has 0 saturated heterocycles. The predicted octanol–water partition coefficient (Wildman–Crippen LogP) is 2.49. The maximum absolute atomic E-state index is 13.5. The summed E-state index contributed by atoms with van der Waals surface area (Å²) in [6.45, 7) is 5.45. The molecule has 1 unspecified atom stereocenters. The summed E-state index contributed by atoms with van der Waals surface area (Å²) in [5, 5.41) is 0. The van der Waals surface area contributed by atoms with Crippen LogP contribution in [0.25, 0.3) is 6.08 Å². The molecule has 0 fully saturated rings. The first-order valence-corrected chi connectivity index (χ1v) is 11.1. The highest BCUT2D eigenvalue weighted by molar-refractivity contribution is 7.07. The summed E-state index contributed by atoms with van der Waals surface area (Å²) in [5.74, 6) is 0.268. The molecule has 3 heterocycles. The molecule has 0 spiro atoms. The lowest BCUT2D eigenvalue weighted by Crippen LogP contribution is -2.39. The molecule has 0 aliphatic carbocycles. The monoisotopic (exact) mass is 466 g/mol. The average Bonchev–Trinajstić information content (AvgIpc) is 3.34. The van der Waals surface area contributed by atoms with Crippen LogP contribution in [0.15, 0.2) is 61.9 Å². The van der Waals surface area contributed by atoms with Gasteiger partial charge in [-0.2, -0.15) is 0 Å². The van der Waals surface area contributed by atoms with Crippen molar-refractivity contribution in [1.29, 1.82) is 0 Å². The fourth-order valence-electron chi connectivity index (χ4n) is 3.69. The van der Waals surface area contributed by atoms with Crippen LogP contribution in [0.4, 0.5) is 0 Å². The van der Waals surface area contributed by atoms with Crippen LogP contribution in [0.1, 0.15) is 47.3 Å². The Kier molecular flexibility index (Phi) is 6.15. The fraction of sp³-hybridized carbons (Fsp3) is 0.250. The van der Waals surface area contributed by atoms with E-state index in [1.54, 1.807) is 50.3 Å². The van der Waals surface area contributed by atoms with Crippen molar-refractivity contribution in [2.24, 2.45) is 4.99 Å². The van der Waals surface area contributed by atoms with Gasteiger partial charge in [0.05, 0.1) is 41.1 Å². The number of esters is 2. The van der Waals surface area contributed by atoms with Crippen molar-refractivity contribution >= 4 is 29.4 Å². The van der Waals surface area contributed by atoms with Crippen molar-refractivity contribution in [3.8, 4) is 0 Å². The molecular weight excluding hydrogens is 444 g/mol. The van der Waals surface area contributed by atoms with Crippen LogP contribution in [0.3, 0.4) is 0 Å². The SMILES string of the molecule is CCOC(=O)C1=C(C)N=c2sc(=Cc3ccc(C)o3)c(=O)n2C1c1ccc(C(=O)OC)cc1. The normalized spacial score (nSPS) is 15.8. The Morgan fingerprint density at radius 2 is 1.88 bits per heavy atom. The summed E-state index contributed by atoms with van der Waals surface area (Å²) in [7, 11) is 1.31. The molecule has 1 aliphatic rings. The molecule has 2 aromatic heterocycles. The van der Waals surface area contributed by atoms with Crippen LogP contribution in [-0.2, 0) is 14.3 Å². The number of hydrogen-bond donors (Lipinski definition) is 0. The third kappa shape index (κ3) is 4.19. The summed E-state index contributed by atoms with van der Waals surface area (Å²) < 4.78 is 17.5. The summed E-state index contributed by atoms with van der Waals surface area (Å²) >= 11 is 1.21. The van der Waals surface area contributed by atoms with Crippen LogP contribution >= 0.6 is 11.3 Å². The zero-order valence-corrected chi connectivity index (χ0v) is 19.4. The smallest absolute Gasteiger partial charge is 0.338 e. The number of furan rings is 1. The highest BCUT2D eigenvalue weighted by atomic mass is 32.1. The fourth-order valence-corrected chi connectivity index (χ4v) is 4.71. The minimum absolute atomic E-state index is 0.186. The van der Waals surface area contributed by atoms with Gasteiger partial charge in [-0.1, -0.05) is 23.5 Å². The van der Waals surface area contributed by atoms with Gasteiger partial charge in [0.15, 0.2) is 4.80 Å². The van der Waals surface area contributed by atoms with Crippen molar-refractivity contribution < 1.29 is 23.5 Å². The van der Waals surface area contributed by atoms with Gasteiger partial charge in [-0.25, -0.2) is 14.6 Å². The number of fused-ring (bicyclic) bond motifs is 1. The predicted molar refractivity (Wildman–Crippen MR) is 122 cm³/mol. The van der Waals surface area contributed by atoms with Gasteiger partial charge in [-0.05, 0) is 50.6 Å². The first-order chi connectivity index (χ1) is 15.8. The Balaban J connectivity index is 1.92. The van der Waals surface area contributed by atoms with Crippen LogP contribution < -0.4 is 14.9 Å². The van der Waals surface area contributed by atoms with Gasteiger partial charge in [-0.15, -0.1) is 0 Å². The van der Waals surface area contributed by atoms with Gasteiger partial charge in [0.1, 0.15) is 11.5 Å². The minimum atomic E-state index is -0.757. The molecule has 170 valence electrons. The molecule has 0 radical (unpaired) electrons. The largest absolute Gasteiger partial charge is 0.465 e. The molecule has 0 N–H and O–H groups in total. The summed E-state index contributed by atoms with van der Waals surface area (Å²) in [6, 6.07) is 9.43. The zero-order chi connectivity index (χ0) is 23.7. The minimum Gasteiger partial charge on any atom is -0.465 e. The van der Waals surface area contributed by atoms with Crippen molar-refractivity contribution in [2.45, 2.75) is 26.8 Å². The zero-order valence-electron chi connectivity index (χ0n) is 18.6. The molecular formula is C24H22N2O6S. The highest BCUT2D eigenvalue weighted by Gasteiger charge is 2.33. The average molecular weight is 467 g/mol. The Hall–Kier alpha value is -3.72. The lowest BCUT2D eigenvalue weighted by molar-refractivity contribution is -0.139. The van der Waals surface area contributed by atoms with E-state index in [0.29, 0.717) is 31.9 Å². The Bertz CT molecular complexity index is 1440. The number of aromatic nitrogens is 1. The van der Waals surface area contributed by atoms with E-state index in [0.717, 1.165) is 5.76 Å². The third-order valence-corrected chi connectivity index (χ3v) is 6.18. The lowest BCUT2D eigenvalue weighted by Gasteiger charge is -2.24. The van der Waals surface area contributed by atoms with E-state index in [1.807, 2.05) is 13.0 Å². The molecule has 0 bridgehead atoms. The number of rotatable bonds is 5. The van der Waals surface area contributed by atoms with E-state index >= 15 is 0 Å². The molecule has 33 heavy (non-hydrogen) atoms. The molecule has 1 atom stereocenters. The standard InChI is InChI=1S/C24H22N2O6S/c1-5-31-23(29)19-14(3)25-24-26(20(19)15-7-9-16(10-8-15)22(28)30-4)21(27)18(33-24)12-17-11-6-13(2)32-17/h6-12,20H,5H2,1-4H3. The van der Waals surface area contributed by atoms with Gasteiger partial charge in [0, 0.05) is 6.08 Å². The Labute approximate surface area is 193 Å². The second-order valence-electron chi connectivity index (χ2n) is 7.36. The molecule has 0 amide bonds. The van der Waals surface area contributed by atoms with Crippen LogP contribution in [0.5, 0.6) is 0 Å². The number of aryl methyl sites for hydroxylation is 1. The van der Waals surface area contributed by atoms with Crippen LogP contribution in [0, 0.1) is 6.92 Å². The molecule has 1 aromatic carbocycles. The van der Waals surface area contributed by atoms with E-state index in [-0.39, 0.29) is 17.7 Å². The second-order valence-corrected chi connectivity index (χ2v) is 8.37. The van der Waals surface area contributed by atoms with E-state index in [2.05, 4.69) is 4.99 Å². The number of carbonyl (C=O) groups excluding carboxylic acids is 2. The van der Waals surface area contributed by atoms with Gasteiger partial charge in [0.25, 0.3) is 5.56 Å². The Morgan fingerprint density at radius 1 is 1.15 bits per heavy atom. The van der Waals surface area contributed by atoms with Crippen molar-refractivity contribution in [2.75, 3.05) is 13.7 Å². The lowest BCUT2D eigenvalue weighted by atomic mass is 9.95. The number of ether oxygens (including phenoxy) is 2. The van der Waals surface area contributed by atoms with Gasteiger partial charge in [-0.3, -0.25) is 9.36 Å². The number of allylic oxidation sites excluding steroid dienone is 1. The summed E-state index contributed by atoms with van der Waals surface area (Å²) in [5.41, 5.74) is 1.44. The number of benzene rings is 1. The van der Waals surface area contributed by atoms with Crippen molar-refractivity contribution in [1.82, 2.24) is 4.57 Å². The first-order valence-electron chi connectivity index (χ1n) is 10.3. The maximum atomic E-state index is 13.5. The van der Waals surface area contributed by atoms with Gasteiger partial charge >= 0.3 is 11.9 Å². The second kappa shape index (κ2) is 9.03.